The summed E-state index contributed by atoms with van der Waals surface area (Å²) in [7, 11) is 0. The number of nitrogens with one attached hydrogen (secondary N) is 1. The molecule has 3 rings (SSSR count). The summed E-state index contributed by atoms with van der Waals surface area (Å²) in [5.74, 6) is -0.390. The Labute approximate surface area is 136 Å². The molecule has 1 amide bonds. The summed E-state index contributed by atoms with van der Waals surface area (Å²) in [5.41, 5.74) is 1.12. The van der Waals surface area contributed by atoms with Gasteiger partial charge in [-0.15, -0.1) is 10.2 Å². The SMILES string of the molecule is O=C(CCc1nnc(-c2ccc(F)cc2)o1)Nc1ccc(F)cc1. The molecule has 1 heterocycles. The second-order valence-corrected chi connectivity index (χ2v) is 5.06. The molecule has 0 aliphatic carbocycles. The first-order chi connectivity index (χ1) is 11.6. The van der Waals surface area contributed by atoms with E-state index in [9.17, 15) is 13.6 Å². The van der Waals surface area contributed by atoms with Gasteiger partial charge in [0.05, 0.1) is 0 Å². The van der Waals surface area contributed by atoms with Crippen molar-refractivity contribution in [2.45, 2.75) is 12.8 Å². The molecule has 2 aromatic carbocycles. The van der Waals surface area contributed by atoms with Gasteiger partial charge in [-0.25, -0.2) is 8.78 Å². The molecule has 1 aromatic heterocycles. The first kappa shape index (κ1) is 15.8. The molecule has 0 saturated carbocycles. The second-order valence-electron chi connectivity index (χ2n) is 5.06. The van der Waals surface area contributed by atoms with Crippen molar-refractivity contribution in [3.8, 4) is 11.5 Å². The largest absolute Gasteiger partial charge is 0.421 e. The molecular weight excluding hydrogens is 316 g/mol. The van der Waals surface area contributed by atoms with Crippen LogP contribution in [0.15, 0.2) is 52.9 Å². The van der Waals surface area contributed by atoms with Crippen molar-refractivity contribution < 1.29 is 18.0 Å². The average Bonchev–Trinajstić information content (AvgIpc) is 3.05. The van der Waals surface area contributed by atoms with Gasteiger partial charge in [-0.1, -0.05) is 0 Å². The minimum Gasteiger partial charge on any atom is -0.421 e. The van der Waals surface area contributed by atoms with Gasteiger partial charge in [0.15, 0.2) is 0 Å². The lowest BCUT2D eigenvalue weighted by molar-refractivity contribution is -0.116. The molecule has 0 aliphatic heterocycles. The third-order valence-corrected chi connectivity index (χ3v) is 3.25. The van der Waals surface area contributed by atoms with Crippen molar-refractivity contribution in [1.29, 1.82) is 0 Å². The molecule has 0 atom stereocenters. The molecule has 24 heavy (non-hydrogen) atoms. The number of aromatic nitrogens is 2. The van der Waals surface area contributed by atoms with E-state index in [4.69, 9.17) is 4.42 Å². The van der Waals surface area contributed by atoms with Crippen LogP contribution in [0.4, 0.5) is 14.5 Å². The molecule has 0 saturated heterocycles. The van der Waals surface area contributed by atoms with Crippen molar-refractivity contribution in [3.05, 3.63) is 66.1 Å². The summed E-state index contributed by atoms with van der Waals surface area (Å²) < 4.78 is 31.1. The van der Waals surface area contributed by atoms with Crippen LogP contribution in [0.25, 0.3) is 11.5 Å². The lowest BCUT2D eigenvalue weighted by Gasteiger charge is -2.03. The van der Waals surface area contributed by atoms with E-state index in [1.54, 1.807) is 0 Å². The van der Waals surface area contributed by atoms with Gasteiger partial charge in [-0.05, 0) is 48.5 Å². The number of aryl methyl sites for hydroxylation is 1. The highest BCUT2D eigenvalue weighted by Gasteiger charge is 2.11. The van der Waals surface area contributed by atoms with Crippen LogP contribution in [0.1, 0.15) is 12.3 Å². The third-order valence-electron chi connectivity index (χ3n) is 3.25. The summed E-state index contributed by atoms with van der Waals surface area (Å²) in [4.78, 5) is 11.8. The maximum absolute atomic E-state index is 12.9. The predicted octanol–water partition coefficient (Wildman–Crippen LogP) is 3.59. The molecule has 1 N–H and O–H groups in total. The fraction of sp³-hybridized carbons (Fsp3) is 0.118. The normalized spacial score (nSPS) is 10.6. The predicted molar refractivity (Wildman–Crippen MR) is 83.0 cm³/mol. The van der Waals surface area contributed by atoms with Crippen molar-refractivity contribution >= 4 is 11.6 Å². The number of carbonyl (C=O) groups excluding carboxylic acids is 1. The Bertz CT molecular complexity index is 830. The fourth-order valence-corrected chi connectivity index (χ4v) is 2.04. The van der Waals surface area contributed by atoms with Crippen LogP contribution in [0.3, 0.4) is 0 Å². The van der Waals surface area contributed by atoms with E-state index in [2.05, 4.69) is 15.5 Å². The Morgan fingerprint density at radius 1 is 0.958 bits per heavy atom. The Morgan fingerprint density at radius 2 is 1.58 bits per heavy atom. The number of hydrogen-bond acceptors (Lipinski definition) is 4. The number of amides is 1. The zero-order valence-electron chi connectivity index (χ0n) is 12.5. The Kier molecular flexibility index (Phi) is 4.60. The molecule has 3 aromatic rings. The molecule has 122 valence electrons. The number of anilines is 1. The van der Waals surface area contributed by atoms with Gasteiger partial charge >= 0.3 is 0 Å². The molecular formula is C17H13F2N3O2. The topological polar surface area (TPSA) is 68.0 Å². The number of halogens is 2. The van der Waals surface area contributed by atoms with E-state index < -0.39 is 0 Å². The Balaban J connectivity index is 1.56. The summed E-state index contributed by atoms with van der Waals surface area (Å²) in [6.45, 7) is 0. The molecule has 0 spiro atoms. The number of benzene rings is 2. The van der Waals surface area contributed by atoms with Crippen LogP contribution in [0.5, 0.6) is 0 Å². The van der Waals surface area contributed by atoms with Crippen LogP contribution in [-0.4, -0.2) is 16.1 Å². The van der Waals surface area contributed by atoms with Gasteiger partial charge in [-0.3, -0.25) is 4.79 Å². The van der Waals surface area contributed by atoms with E-state index in [0.29, 0.717) is 17.1 Å². The second kappa shape index (κ2) is 6.99. The van der Waals surface area contributed by atoms with E-state index in [-0.39, 0.29) is 36.3 Å². The smallest absolute Gasteiger partial charge is 0.247 e. The molecule has 0 bridgehead atoms. The lowest BCUT2D eigenvalue weighted by Crippen LogP contribution is -2.12. The number of rotatable bonds is 5. The van der Waals surface area contributed by atoms with Gasteiger partial charge in [0, 0.05) is 24.1 Å². The number of carbonyl (C=O) groups is 1. The van der Waals surface area contributed by atoms with Gasteiger partial charge in [0.2, 0.25) is 17.7 Å². The highest BCUT2D eigenvalue weighted by Crippen LogP contribution is 2.18. The van der Waals surface area contributed by atoms with E-state index in [1.807, 2.05) is 0 Å². The van der Waals surface area contributed by atoms with Crippen molar-refractivity contribution in [3.63, 3.8) is 0 Å². The average molecular weight is 329 g/mol. The van der Waals surface area contributed by atoms with Crippen LogP contribution >= 0.6 is 0 Å². The summed E-state index contributed by atoms with van der Waals surface area (Å²) >= 11 is 0. The highest BCUT2D eigenvalue weighted by atomic mass is 19.1. The fourth-order valence-electron chi connectivity index (χ4n) is 2.04. The highest BCUT2D eigenvalue weighted by molar-refractivity contribution is 5.90. The molecule has 0 unspecified atom stereocenters. The summed E-state index contributed by atoms with van der Waals surface area (Å²) in [6.07, 6.45) is 0.406. The van der Waals surface area contributed by atoms with Gasteiger partial charge in [0.1, 0.15) is 11.6 Å². The Hall–Kier alpha value is -3.09. The molecule has 0 fully saturated rings. The quantitative estimate of drug-likeness (QED) is 0.777. The summed E-state index contributed by atoms with van der Waals surface area (Å²) in [6, 6.07) is 11.2. The molecule has 0 radical (unpaired) electrons. The van der Waals surface area contributed by atoms with Crippen LogP contribution in [0.2, 0.25) is 0 Å². The standard InChI is InChI=1S/C17H13F2N3O2/c18-12-3-1-11(2-4-12)17-22-21-16(24-17)10-9-15(23)20-14-7-5-13(19)6-8-14/h1-8H,9-10H2,(H,20,23). The first-order valence-corrected chi connectivity index (χ1v) is 7.24. The van der Waals surface area contributed by atoms with Crippen molar-refractivity contribution in [2.75, 3.05) is 5.32 Å². The zero-order valence-corrected chi connectivity index (χ0v) is 12.5. The van der Waals surface area contributed by atoms with E-state index in [0.717, 1.165) is 0 Å². The third kappa shape index (κ3) is 4.01. The van der Waals surface area contributed by atoms with Gasteiger partial charge in [-0.2, -0.15) is 0 Å². The maximum Gasteiger partial charge on any atom is 0.247 e. The number of nitrogens with zero attached hydrogens (tertiary/aromatic N) is 2. The van der Waals surface area contributed by atoms with Crippen LogP contribution in [0, 0.1) is 11.6 Å². The van der Waals surface area contributed by atoms with Crippen molar-refractivity contribution in [1.82, 2.24) is 10.2 Å². The maximum atomic E-state index is 12.9. The van der Waals surface area contributed by atoms with Gasteiger partial charge < -0.3 is 9.73 Å². The molecule has 5 nitrogen and oxygen atoms in total. The zero-order chi connectivity index (χ0) is 16.9. The van der Waals surface area contributed by atoms with E-state index in [1.165, 1.54) is 48.5 Å². The summed E-state index contributed by atoms with van der Waals surface area (Å²) in [5, 5.41) is 10.4. The minimum absolute atomic E-state index is 0.141. The molecule has 7 heteroatoms. The monoisotopic (exact) mass is 329 g/mol. The van der Waals surface area contributed by atoms with Crippen LogP contribution < -0.4 is 5.32 Å². The Morgan fingerprint density at radius 3 is 2.25 bits per heavy atom. The molecule has 0 aliphatic rings. The first-order valence-electron chi connectivity index (χ1n) is 7.24. The lowest BCUT2D eigenvalue weighted by atomic mass is 10.2. The number of hydrogen-bond donors (Lipinski definition) is 1. The minimum atomic E-state index is -0.368. The van der Waals surface area contributed by atoms with Crippen molar-refractivity contribution in [2.24, 2.45) is 0 Å². The van der Waals surface area contributed by atoms with Gasteiger partial charge in [0.25, 0.3) is 0 Å². The van der Waals surface area contributed by atoms with E-state index >= 15 is 0 Å². The van der Waals surface area contributed by atoms with Crippen LogP contribution in [-0.2, 0) is 11.2 Å².